The summed E-state index contributed by atoms with van der Waals surface area (Å²) >= 11 is 6.02. The Labute approximate surface area is 176 Å². The molecule has 1 aliphatic rings. The lowest BCUT2D eigenvalue weighted by Gasteiger charge is -2.25. The molecule has 1 aliphatic heterocycles. The summed E-state index contributed by atoms with van der Waals surface area (Å²) in [6, 6.07) is 11.2. The van der Waals surface area contributed by atoms with Gasteiger partial charge in [0.15, 0.2) is 11.5 Å². The molecule has 29 heavy (non-hydrogen) atoms. The molecule has 1 heterocycles. The number of carbonyl (C=O) groups excluding carboxylic acids is 1. The number of amides is 2. The SMILES string of the molecule is COc1cc(NC(=O)N2CCCC[C@H](c3ccc(Cl)cc3)C2)cc(OC)c1OC. The number of halogens is 1. The van der Waals surface area contributed by atoms with Crippen molar-refractivity contribution < 1.29 is 19.0 Å². The van der Waals surface area contributed by atoms with Crippen LogP contribution in [0.25, 0.3) is 0 Å². The molecular formula is C22H27ClN2O4. The lowest BCUT2D eigenvalue weighted by atomic mass is 9.94. The highest BCUT2D eigenvalue weighted by atomic mass is 35.5. The van der Waals surface area contributed by atoms with E-state index in [0.29, 0.717) is 35.4 Å². The Kier molecular flexibility index (Phi) is 7.09. The van der Waals surface area contributed by atoms with Crippen LogP contribution in [-0.4, -0.2) is 45.3 Å². The van der Waals surface area contributed by atoms with Crippen molar-refractivity contribution in [3.05, 3.63) is 47.0 Å². The molecule has 1 atom stereocenters. The number of nitrogens with one attached hydrogen (secondary N) is 1. The van der Waals surface area contributed by atoms with Crippen LogP contribution in [-0.2, 0) is 0 Å². The maximum Gasteiger partial charge on any atom is 0.321 e. The number of carbonyl (C=O) groups is 1. The van der Waals surface area contributed by atoms with Gasteiger partial charge in [0.25, 0.3) is 0 Å². The van der Waals surface area contributed by atoms with Crippen molar-refractivity contribution in [1.82, 2.24) is 4.90 Å². The molecule has 0 aliphatic carbocycles. The van der Waals surface area contributed by atoms with Crippen molar-refractivity contribution in [2.24, 2.45) is 0 Å². The van der Waals surface area contributed by atoms with E-state index in [1.807, 2.05) is 29.2 Å². The Morgan fingerprint density at radius 1 is 1.03 bits per heavy atom. The zero-order valence-corrected chi connectivity index (χ0v) is 17.8. The first-order chi connectivity index (χ1) is 14.0. The van der Waals surface area contributed by atoms with Gasteiger partial charge in [0.05, 0.1) is 27.0 Å². The monoisotopic (exact) mass is 418 g/mol. The van der Waals surface area contributed by atoms with Crippen molar-refractivity contribution in [2.75, 3.05) is 39.7 Å². The van der Waals surface area contributed by atoms with Crippen LogP contribution in [0.5, 0.6) is 17.2 Å². The molecule has 2 aromatic carbocycles. The second kappa shape index (κ2) is 9.74. The topological polar surface area (TPSA) is 60.0 Å². The van der Waals surface area contributed by atoms with Crippen LogP contribution < -0.4 is 19.5 Å². The highest BCUT2D eigenvalue weighted by Gasteiger charge is 2.24. The summed E-state index contributed by atoms with van der Waals surface area (Å²) in [5, 5.41) is 3.69. The largest absolute Gasteiger partial charge is 0.493 e. The molecule has 0 radical (unpaired) electrons. The molecule has 1 N–H and O–H groups in total. The van der Waals surface area contributed by atoms with E-state index in [-0.39, 0.29) is 6.03 Å². The lowest BCUT2D eigenvalue weighted by Crippen LogP contribution is -2.37. The Bertz CT molecular complexity index is 816. The number of likely N-dealkylation sites (tertiary alicyclic amines) is 1. The standard InChI is InChI=1S/C22H27ClN2O4/c1-27-19-12-18(13-20(28-2)21(19)29-3)24-22(26)25-11-5-4-6-16(14-25)15-7-9-17(23)10-8-15/h7-10,12-13,16H,4-6,11,14H2,1-3H3,(H,24,26)/t16-/m0/s1. The Hall–Kier alpha value is -2.60. The molecule has 2 amide bonds. The van der Waals surface area contributed by atoms with Gasteiger partial charge < -0.3 is 24.4 Å². The van der Waals surface area contributed by atoms with Gasteiger partial charge in [-0.3, -0.25) is 0 Å². The summed E-state index contributed by atoms with van der Waals surface area (Å²) < 4.78 is 16.1. The third-order valence-electron chi connectivity index (χ3n) is 5.22. The zero-order valence-electron chi connectivity index (χ0n) is 17.0. The average Bonchev–Trinajstić information content (AvgIpc) is 3.00. The van der Waals surface area contributed by atoms with Gasteiger partial charge >= 0.3 is 6.03 Å². The van der Waals surface area contributed by atoms with E-state index < -0.39 is 0 Å². The molecule has 7 heteroatoms. The van der Waals surface area contributed by atoms with E-state index in [0.717, 1.165) is 30.8 Å². The number of ether oxygens (including phenoxy) is 3. The number of hydrogen-bond donors (Lipinski definition) is 1. The highest BCUT2D eigenvalue weighted by molar-refractivity contribution is 6.30. The van der Waals surface area contributed by atoms with Gasteiger partial charge in [0.2, 0.25) is 5.75 Å². The summed E-state index contributed by atoms with van der Waals surface area (Å²) in [5.74, 6) is 1.78. The van der Waals surface area contributed by atoms with Crippen molar-refractivity contribution in [3.8, 4) is 17.2 Å². The van der Waals surface area contributed by atoms with Gasteiger partial charge in [-0.15, -0.1) is 0 Å². The summed E-state index contributed by atoms with van der Waals surface area (Å²) in [7, 11) is 4.65. The van der Waals surface area contributed by atoms with E-state index in [1.165, 1.54) is 5.56 Å². The molecule has 156 valence electrons. The predicted molar refractivity (Wildman–Crippen MR) is 115 cm³/mol. The van der Waals surface area contributed by atoms with Gasteiger partial charge in [-0.25, -0.2) is 4.79 Å². The smallest absolute Gasteiger partial charge is 0.321 e. The number of urea groups is 1. The minimum Gasteiger partial charge on any atom is -0.493 e. The zero-order chi connectivity index (χ0) is 20.8. The van der Waals surface area contributed by atoms with Crippen molar-refractivity contribution in [3.63, 3.8) is 0 Å². The molecule has 0 aromatic heterocycles. The maximum atomic E-state index is 13.0. The van der Waals surface area contributed by atoms with Crippen LogP contribution >= 0.6 is 11.6 Å². The number of benzene rings is 2. The summed E-state index contributed by atoms with van der Waals surface area (Å²) in [6.07, 6.45) is 3.11. The molecule has 0 bridgehead atoms. The molecule has 0 saturated carbocycles. The van der Waals surface area contributed by atoms with Crippen LogP contribution in [0.3, 0.4) is 0 Å². The summed E-state index contributed by atoms with van der Waals surface area (Å²) in [5.41, 5.74) is 1.80. The Morgan fingerprint density at radius 3 is 2.28 bits per heavy atom. The minimum atomic E-state index is -0.139. The fourth-order valence-electron chi connectivity index (χ4n) is 3.69. The molecule has 6 nitrogen and oxygen atoms in total. The first-order valence-electron chi connectivity index (χ1n) is 9.67. The van der Waals surface area contributed by atoms with Crippen LogP contribution in [0, 0.1) is 0 Å². The Morgan fingerprint density at radius 2 is 1.69 bits per heavy atom. The van der Waals surface area contributed by atoms with E-state index in [9.17, 15) is 4.79 Å². The van der Waals surface area contributed by atoms with Crippen molar-refractivity contribution in [1.29, 1.82) is 0 Å². The maximum absolute atomic E-state index is 13.0. The van der Waals surface area contributed by atoms with Gasteiger partial charge in [-0.05, 0) is 30.5 Å². The lowest BCUT2D eigenvalue weighted by molar-refractivity contribution is 0.211. The molecule has 0 spiro atoms. The minimum absolute atomic E-state index is 0.139. The van der Waals surface area contributed by atoms with Gasteiger partial charge in [-0.1, -0.05) is 30.2 Å². The van der Waals surface area contributed by atoms with Crippen LogP contribution in [0.15, 0.2) is 36.4 Å². The molecule has 0 unspecified atom stereocenters. The van der Waals surface area contributed by atoms with E-state index in [4.69, 9.17) is 25.8 Å². The number of methoxy groups -OCH3 is 3. The van der Waals surface area contributed by atoms with Crippen molar-refractivity contribution >= 4 is 23.3 Å². The normalized spacial score (nSPS) is 16.7. The summed E-state index contributed by atoms with van der Waals surface area (Å²) in [4.78, 5) is 14.9. The summed E-state index contributed by atoms with van der Waals surface area (Å²) in [6.45, 7) is 1.39. The van der Waals surface area contributed by atoms with E-state index >= 15 is 0 Å². The van der Waals surface area contributed by atoms with Crippen LogP contribution in [0.1, 0.15) is 30.7 Å². The van der Waals surface area contributed by atoms with Gasteiger partial charge in [-0.2, -0.15) is 0 Å². The van der Waals surface area contributed by atoms with Crippen LogP contribution in [0.2, 0.25) is 5.02 Å². The molecular weight excluding hydrogens is 392 g/mol. The van der Waals surface area contributed by atoms with Gasteiger partial charge in [0, 0.05) is 36.2 Å². The first-order valence-corrected chi connectivity index (χ1v) is 10.0. The Balaban J connectivity index is 1.76. The second-order valence-electron chi connectivity index (χ2n) is 7.03. The number of rotatable bonds is 5. The first kappa shape index (κ1) is 21.1. The molecule has 3 rings (SSSR count). The average molecular weight is 419 g/mol. The number of nitrogens with zero attached hydrogens (tertiary/aromatic N) is 1. The highest BCUT2D eigenvalue weighted by Crippen LogP contribution is 2.40. The molecule has 2 aromatic rings. The molecule has 1 saturated heterocycles. The van der Waals surface area contributed by atoms with Crippen molar-refractivity contribution in [2.45, 2.75) is 25.2 Å². The molecule has 1 fully saturated rings. The fraction of sp³-hybridized carbons (Fsp3) is 0.409. The third-order valence-corrected chi connectivity index (χ3v) is 5.47. The number of anilines is 1. The van der Waals surface area contributed by atoms with E-state index in [1.54, 1.807) is 33.5 Å². The predicted octanol–water partition coefficient (Wildman–Crippen LogP) is 5.17. The second-order valence-corrected chi connectivity index (χ2v) is 7.47. The fourth-order valence-corrected chi connectivity index (χ4v) is 3.82. The van der Waals surface area contributed by atoms with Gasteiger partial charge in [0.1, 0.15) is 0 Å². The number of hydrogen-bond acceptors (Lipinski definition) is 4. The van der Waals surface area contributed by atoms with E-state index in [2.05, 4.69) is 5.32 Å². The quantitative estimate of drug-likeness (QED) is 0.727. The third kappa shape index (κ3) is 5.07. The van der Waals surface area contributed by atoms with Crippen LogP contribution in [0.4, 0.5) is 10.5 Å².